The fourth-order valence-corrected chi connectivity index (χ4v) is 1.83. The number of anilines is 1. The Labute approximate surface area is 112 Å². The Morgan fingerprint density at radius 3 is 2.72 bits per heavy atom. The summed E-state index contributed by atoms with van der Waals surface area (Å²) in [5, 5.41) is 0. The van der Waals surface area contributed by atoms with Gasteiger partial charge in [0.2, 0.25) is 0 Å². The highest BCUT2D eigenvalue weighted by molar-refractivity contribution is 9.10. The highest BCUT2D eigenvalue weighted by atomic mass is 79.9. The van der Waals surface area contributed by atoms with Gasteiger partial charge in [-0.15, -0.1) is 0 Å². The highest BCUT2D eigenvalue weighted by Gasteiger charge is 2.07. The van der Waals surface area contributed by atoms with Crippen molar-refractivity contribution in [3.63, 3.8) is 0 Å². The zero-order chi connectivity index (χ0) is 13.1. The SMILES string of the molecule is Nc1ccc(F)cc1OCc1cccc(F)c1Br. The normalized spacial score (nSPS) is 10.4. The van der Waals surface area contributed by atoms with Crippen molar-refractivity contribution < 1.29 is 13.5 Å². The molecule has 0 aliphatic carbocycles. The minimum Gasteiger partial charge on any atom is -0.487 e. The van der Waals surface area contributed by atoms with Crippen molar-refractivity contribution in [3.8, 4) is 5.75 Å². The van der Waals surface area contributed by atoms with E-state index in [1.807, 2.05) is 0 Å². The van der Waals surface area contributed by atoms with E-state index in [4.69, 9.17) is 10.5 Å². The summed E-state index contributed by atoms with van der Waals surface area (Å²) in [5.74, 6) is -0.563. The Morgan fingerprint density at radius 2 is 1.94 bits per heavy atom. The molecule has 2 aromatic rings. The van der Waals surface area contributed by atoms with Crippen molar-refractivity contribution in [1.82, 2.24) is 0 Å². The average Bonchev–Trinajstić information content (AvgIpc) is 2.35. The van der Waals surface area contributed by atoms with Crippen LogP contribution in [0.15, 0.2) is 40.9 Å². The molecule has 0 heterocycles. The third-order valence-electron chi connectivity index (χ3n) is 2.39. The molecule has 0 aliphatic heterocycles. The first-order valence-electron chi connectivity index (χ1n) is 5.18. The average molecular weight is 314 g/mol. The standard InChI is InChI=1S/C13H10BrF2NO/c14-13-8(2-1-3-10(13)16)7-18-12-6-9(15)4-5-11(12)17/h1-6H,7,17H2. The van der Waals surface area contributed by atoms with Crippen LogP contribution in [-0.2, 0) is 6.61 Å². The number of benzene rings is 2. The Balaban J connectivity index is 2.16. The van der Waals surface area contributed by atoms with Crippen LogP contribution in [0, 0.1) is 11.6 Å². The van der Waals surface area contributed by atoms with E-state index in [-0.39, 0.29) is 18.2 Å². The topological polar surface area (TPSA) is 35.2 Å². The molecule has 0 aromatic heterocycles. The van der Waals surface area contributed by atoms with Crippen LogP contribution >= 0.6 is 15.9 Å². The predicted octanol–water partition coefficient (Wildman–Crippen LogP) is 3.89. The fourth-order valence-electron chi connectivity index (χ4n) is 1.45. The summed E-state index contributed by atoms with van der Waals surface area (Å²) in [6, 6.07) is 8.49. The smallest absolute Gasteiger partial charge is 0.145 e. The molecule has 94 valence electrons. The van der Waals surface area contributed by atoms with Gasteiger partial charge in [0.15, 0.2) is 0 Å². The van der Waals surface area contributed by atoms with E-state index < -0.39 is 5.82 Å². The molecule has 5 heteroatoms. The fraction of sp³-hybridized carbons (Fsp3) is 0.0769. The van der Waals surface area contributed by atoms with Gasteiger partial charge in [0.1, 0.15) is 24.0 Å². The van der Waals surface area contributed by atoms with Crippen molar-refractivity contribution in [3.05, 3.63) is 58.1 Å². The molecule has 0 saturated carbocycles. The van der Waals surface area contributed by atoms with Gasteiger partial charge in [0, 0.05) is 11.6 Å². The molecule has 0 amide bonds. The number of hydrogen-bond donors (Lipinski definition) is 1. The quantitative estimate of drug-likeness (QED) is 0.873. The molecule has 0 spiro atoms. The van der Waals surface area contributed by atoms with Crippen molar-refractivity contribution in [2.45, 2.75) is 6.61 Å². The molecule has 0 aliphatic rings. The molecular weight excluding hydrogens is 304 g/mol. The van der Waals surface area contributed by atoms with Crippen LogP contribution in [0.4, 0.5) is 14.5 Å². The van der Waals surface area contributed by atoms with E-state index in [0.717, 1.165) is 0 Å². The summed E-state index contributed by atoms with van der Waals surface area (Å²) in [6.07, 6.45) is 0. The minimum absolute atomic E-state index is 0.103. The Bertz CT molecular complexity index is 573. The molecule has 0 radical (unpaired) electrons. The van der Waals surface area contributed by atoms with Gasteiger partial charge in [-0.3, -0.25) is 0 Å². The number of ether oxygens (including phenoxy) is 1. The highest BCUT2D eigenvalue weighted by Crippen LogP contribution is 2.26. The number of nitrogens with two attached hydrogens (primary N) is 1. The summed E-state index contributed by atoms with van der Waals surface area (Å²) < 4.78 is 32.0. The van der Waals surface area contributed by atoms with Crippen molar-refractivity contribution >= 4 is 21.6 Å². The second-order valence-electron chi connectivity index (χ2n) is 3.68. The van der Waals surface area contributed by atoms with Crippen LogP contribution in [-0.4, -0.2) is 0 Å². The Hall–Kier alpha value is -1.62. The maximum atomic E-state index is 13.3. The Kier molecular flexibility index (Phi) is 3.81. The number of halogens is 3. The first-order valence-corrected chi connectivity index (χ1v) is 5.98. The van der Waals surface area contributed by atoms with E-state index >= 15 is 0 Å². The monoisotopic (exact) mass is 313 g/mol. The van der Waals surface area contributed by atoms with Crippen molar-refractivity contribution in [2.75, 3.05) is 5.73 Å². The van der Waals surface area contributed by atoms with E-state index in [9.17, 15) is 8.78 Å². The first kappa shape index (κ1) is 12.8. The number of nitrogen functional groups attached to an aromatic ring is 1. The van der Waals surface area contributed by atoms with Crippen molar-refractivity contribution in [2.24, 2.45) is 0 Å². The zero-order valence-electron chi connectivity index (χ0n) is 9.29. The Morgan fingerprint density at radius 1 is 1.17 bits per heavy atom. The van der Waals surface area contributed by atoms with Gasteiger partial charge in [0.05, 0.1) is 10.2 Å². The molecule has 2 aromatic carbocycles. The molecule has 0 bridgehead atoms. The molecule has 2 nitrogen and oxygen atoms in total. The van der Waals surface area contributed by atoms with Crippen molar-refractivity contribution in [1.29, 1.82) is 0 Å². The van der Waals surface area contributed by atoms with Crippen LogP contribution in [0.3, 0.4) is 0 Å². The number of hydrogen-bond acceptors (Lipinski definition) is 2. The van der Waals surface area contributed by atoms with Crippen LogP contribution < -0.4 is 10.5 Å². The molecule has 18 heavy (non-hydrogen) atoms. The summed E-state index contributed by atoms with van der Waals surface area (Å²) >= 11 is 3.13. The van der Waals surface area contributed by atoms with E-state index in [0.29, 0.717) is 15.7 Å². The largest absolute Gasteiger partial charge is 0.487 e. The molecular formula is C13H10BrF2NO. The van der Waals surface area contributed by atoms with Gasteiger partial charge in [-0.1, -0.05) is 12.1 Å². The lowest BCUT2D eigenvalue weighted by Crippen LogP contribution is -2.00. The summed E-state index contributed by atoms with van der Waals surface area (Å²) in [5.41, 5.74) is 6.60. The summed E-state index contributed by atoms with van der Waals surface area (Å²) in [4.78, 5) is 0. The number of rotatable bonds is 3. The minimum atomic E-state index is -0.433. The zero-order valence-corrected chi connectivity index (χ0v) is 10.9. The first-order chi connectivity index (χ1) is 8.58. The van der Waals surface area contributed by atoms with Crippen LogP contribution in [0.5, 0.6) is 5.75 Å². The van der Waals surface area contributed by atoms with E-state index in [1.54, 1.807) is 12.1 Å². The summed E-state index contributed by atoms with van der Waals surface area (Å²) in [6.45, 7) is 0.103. The predicted molar refractivity (Wildman–Crippen MR) is 69.2 cm³/mol. The third kappa shape index (κ3) is 2.79. The maximum absolute atomic E-state index is 13.3. The molecule has 0 saturated heterocycles. The van der Waals surface area contributed by atoms with Gasteiger partial charge >= 0.3 is 0 Å². The van der Waals surface area contributed by atoms with Crippen LogP contribution in [0.25, 0.3) is 0 Å². The second kappa shape index (κ2) is 5.35. The molecule has 2 N–H and O–H groups in total. The van der Waals surface area contributed by atoms with E-state index in [2.05, 4.69) is 15.9 Å². The molecule has 0 fully saturated rings. The van der Waals surface area contributed by atoms with Gasteiger partial charge in [0.25, 0.3) is 0 Å². The van der Waals surface area contributed by atoms with Crippen LogP contribution in [0.2, 0.25) is 0 Å². The van der Waals surface area contributed by atoms with Gasteiger partial charge < -0.3 is 10.5 Å². The lowest BCUT2D eigenvalue weighted by Gasteiger charge is -2.10. The maximum Gasteiger partial charge on any atom is 0.145 e. The molecule has 2 rings (SSSR count). The molecule has 0 atom stereocenters. The van der Waals surface area contributed by atoms with E-state index in [1.165, 1.54) is 24.3 Å². The molecule has 0 unspecified atom stereocenters. The van der Waals surface area contributed by atoms with Crippen LogP contribution in [0.1, 0.15) is 5.56 Å². The summed E-state index contributed by atoms with van der Waals surface area (Å²) in [7, 11) is 0. The van der Waals surface area contributed by atoms with Gasteiger partial charge in [-0.25, -0.2) is 8.78 Å². The lowest BCUT2D eigenvalue weighted by molar-refractivity contribution is 0.305. The third-order valence-corrected chi connectivity index (χ3v) is 3.28. The van der Waals surface area contributed by atoms with Gasteiger partial charge in [-0.05, 0) is 34.1 Å². The van der Waals surface area contributed by atoms with Gasteiger partial charge in [-0.2, -0.15) is 0 Å². The lowest BCUT2D eigenvalue weighted by atomic mass is 10.2. The second-order valence-corrected chi connectivity index (χ2v) is 4.48.